The maximum Gasteiger partial charge on any atom is 0.246 e. The molecule has 1 saturated heterocycles. The van der Waals surface area contributed by atoms with Gasteiger partial charge in [0.15, 0.2) is 0 Å². The molecule has 0 spiro atoms. The van der Waals surface area contributed by atoms with Gasteiger partial charge in [0.25, 0.3) is 0 Å². The molecular formula is C20H24BrN3O4S. The fourth-order valence-corrected chi connectivity index (χ4v) is 4.67. The van der Waals surface area contributed by atoms with Crippen molar-refractivity contribution in [2.24, 2.45) is 0 Å². The molecule has 0 aliphatic carbocycles. The molecule has 2 aromatic carbocycles. The molecule has 29 heavy (non-hydrogen) atoms. The summed E-state index contributed by atoms with van der Waals surface area (Å²) >= 11 is 3.45. The van der Waals surface area contributed by atoms with Crippen LogP contribution < -0.4 is 10.6 Å². The van der Waals surface area contributed by atoms with Crippen LogP contribution in [0.4, 0.5) is 11.4 Å². The minimum atomic E-state index is -3.62. The van der Waals surface area contributed by atoms with Crippen LogP contribution in [0.3, 0.4) is 0 Å². The van der Waals surface area contributed by atoms with Gasteiger partial charge in [-0.25, -0.2) is 8.42 Å². The van der Waals surface area contributed by atoms with Crippen molar-refractivity contribution in [3.8, 4) is 0 Å². The Hall–Kier alpha value is -1.94. The number of rotatable bonds is 6. The highest BCUT2D eigenvalue weighted by atomic mass is 79.9. The molecule has 9 heteroatoms. The third kappa shape index (κ3) is 5.36. The highest BCUT2D eigenvalue weighted by Gasteiger charge is 2.26. The summed E-state index contributed by atoms with van der Waals surface area (Å²) < 4.78 is 33.2. The minimum Gasteiger partial charge on any atom is -0.379 e. The van der Waals surface area contributed by atoms with Gasteiger partial charge in [-0.1, -0.05) is 22.0 Å². The smallest absolute Gasteiger partial charge is 0.246 e. The molecule has 0 bridgehead atoms. The molecule has 0 unspecified atom stereocenters. The topological polar surface area (TPSA) is 87.7 Å². The number of nitrogens with zero attached hydrogens (tertiary/aromatic N) is 1. The molecule has 1 aliphatic heterocycles. The second kappa shape index (κ2) is 9.25. The Labute approximate surface area is 179 Å². The van der Waals surface area contributed by atoms with E-state index in [4.69, 9.17) is 4.74 Å². The molecule has 3 rings (SSSR count). The summed E-state index contributed by atoms with van der Waals surface area (Å²) in [6.45, 7) is 5.14. The van der Waals surface area contributed by atoms with Crippen molar-refractivity contribution in [2.45, 2.75) is 24.8 Å². The van der Waals surface area contributed by atoms with Gasteiger partial charge in [-0.15, -0.1) is 0 Å². The molecule has 7 nitrogen and oxygen atoms in total. The number of hydrogen-bond donors (Lipinski definition) is 2. The van der Waals surface area contributed by atoms with Crippen LogP contribution in [0.25, 0.3) is 0 Å². The van der Waals surface area contributed by atoms with Gasteiger partial charge in [0.1, 0.15) is 6.04 Å². The summed E-state index contributed by atoms with van der Waals surface area (Å²) in [7, 11) is -3.62. The van der Waals surface area contributed by atoms with Gasteiger partial charge in [-0.2, -0.15) is 4.31 Å². The lowest BCUT2D eigenvalue weighted by Gasteiger charge is -2.26. The molecule has 1 aliphatic rings. The number of ether oxygens (including phenoxy) is 1. The molecule has 1 amide bonds. The lowest BCUT2D eigenvalue weighted by atomic mass is 10.2. The Balaban J connectivity index is 1.68. The Morgan fingerprint density at radius 3 is 2.55 bits per heavy atom. The fourth-order valence-electron chi connectivity index (χ4n) is 2.97. The molecule has 2 aromatic rings. The molecule has 1 atom stereocenters. The van der Waals surface area contributed by atoms with E-state index in [-0.39, 0.29) is 10.8 Å². The molecule has 1 fully saturated rings. The Morgan fingerprint density at radius 2 is 1.86 bits per heavy atom. The first kappa shape index (κ1) is 21.8. The first-order valence-electron chi connectivity index (χ1n) is 9.29. The third-order valence-corrected chi connectivity index (χ3v) is 7.43. The number of sulfonamides is 1. The fraction of sp³-hybridized carbons (Fsp3) is 0.350. The molecular weight excluding hydrogens is 458 g/mol. The highest BCUT2D eigenvalue weighted by molar-refractivity contribution is 9.10. The normalized spacial score (nSPS) is 16.2. The number of carbonyl (C=O) groups excluding carboxylic acids is 1. The van der Waals surface area contributed by atoms with E-state index in [0.717, 1.165) is 15.7 Å². The van der Waals surface area contributed by atoms with E-state index in [9.17, 15) is 13.2 Å². The number of halogens is 1. The molecule has 2 N–H and O–H groups in total. The Bertz CT molecular complexity index is 991. The summed E-state index contributed by atoms with van der Waals surface area (Å²) in [5.74, 6) is -0.258. The molecule has 1 heterocycles. The largest absolute Gasteiger partial charge is 0.379 e. The number of amides is 1. The van der Waals surface area contributed by atoms with Gasteiger partial charge in [0.2, 0.25) is 15.9 Å². The number of aryl methyl sites for hydroxylation is 1. The SMILES string of the molecule is Cc1cc(N[C@@H](C)C(=O)Nc2cccc(S(=O)(=O)N3CCOCC3)c2)ccc1Br. The molecule has 156 valence electrons. The van der Waals surface area contributed by atoms with Gasteiger partial charge in [0, 0.05) is 28.9 Å². The number of hydrogen-bond acceptors (Lipinski definition) is 5. The van der Waals surface area contributed by atoms with Gasteiger partial charge >= 0.3 is 0 Å². The van der Waals surface area contributed by atoms with Crippen LogP contribution in [0, 0.1) is 6.92 Å². The number of carbonyl (C=O) groups is 1. The standard InChI is InChI=1S/C20H24BrN3O4S/c1-14-12-17(6-7-19(14)21)22-15(2)20(25)23-16-4-3-5-18(13-16)29(26,27)24-8-10-28-11-9-24/h3-7,12-13,15,22H,8-11H2,1-2H3,(H,23,25)/t15-/m0/s1. The first-order valence-corrected chi connectivity index (χ1v) is 11.5. The van der Waals surface area contributed by atoms with Gasteiger partial charge in [0.05, 0.1) is 18.1 Å². The summed E-state index contributed by atoms with van der Waals surface area (Å²) in [4.78, 5) is 12.7. The number of anilines is 2. The summed E-state index contributed by atoms with van der Waals surface area (Å²) in [5, 5.41) is 5.94. The number of benzene rings is 2. The van der Waals surface area contributed by atoms with Crippen LogP contribution >= 0.6 is 15.9 Å². The van der Waals surface area contributed by atoms with Crippen molar-refractivity contribution < 1.29 is 17.9 Å². The van der Waals surface area contributed by atoms with Crippen LogP contribution in [0.15, 0.2) is 51.8 Å². The van der Waals surface area contributed by atoms with E-state index >= 15 is 0 Å². The van der Waals surface area contributed by atoms with Crippen molar-refractivity contribution in [3.05, 3.63) is 52.5 Å². The molecule has 0 saturated carbocycles. The van der Waals surface area contributed by atoms with Crippen LogP contribution in [0.1, 0.15) is 12.5 Å². The van der Waals surface area contributed by atoms with Crippen molar-refractivity contribution >= 4 is 43.2 Å². The van der Waals surface area contributed by atoms with Gasteiger partial charge in [-0.05, 0) is 55.8 Å². The number of nitrogens with one attached hydrogen (secondary N) is 2. The Morgan fingerprint density at radius 1 is 1.14 bits per heavy atom. The maximum absolute atomic E-state index is 12.8. The predicted molar refractivity (Wildman–Crippen MR) is 117 cm³/mol. The third-order valence-electron chi connectivity index (χ3n) is 4.64. The van der Waals surface area contributed by atoms with Crippen LogP contribution in [0.5, 0.6) is 0 Å². The van der Waals surface area contributed by atoms with Crippen molar-refractivity contribution in [1.82, 2.24) is 4.31 Å². The van der Waals surface area contributed by atoms with E-state index in [1.54, 1.807) is 19.1 Å². The van der Waals surface area contributed by atoms with Crippen molar-refractivity contribution in [2.75, 3.05) is 36.9 Å². The molecule has 0 radical (unpaired) electrons. The van der Waals surface area contributed by atoms with Gasteiger partial charge in [-0.3, -0.25) is 4.79 Å². The quantitative estimate of drug-likeness (QED) is 0.661. The number of morpholine rings is 1. The molecule has 0 aromatic heterocycles. The lowest BCUT2D eigenvalue weighted by Crippen LogP contribution is -2.40. The summed E-state index contributed by atoms with van der Waals surface area (Å²) in [5.41, 5.74) is 2.32. The lowest BCUT2D eigenvalue weighted by molar-refractivity contribution is -0.116. The average Bonchev–Trinajstić information content (AvgIpc) is 2.71. The highest BCUT2D eigenvalue weighted by Crippen LogP contribution is 2.22. The zero-order chi connectivity index (χ0) is 21.0. The van der Waals surface area contributed by atoms with E-state index in [1.807, 2.05) is 25.1 Å². The maximum atomic E-state index is 12.8. The van der Waals surface area contributed by atoms with E-state index in [2.05, 4.69) is 26.6 Å². The van der Waals surface area contributed by atoms with Crippen LogP contribution in [-0.2, 0) is 19.6 Å². The first-order chi connectivity index (χ1) is 13.8. The zero-order valence-electron chi connectivity index (χ0n) is 16.3. The van der Waals surface area contributed by atoms with Crippen LogP contribution in [0.2, 0.25) is 0 Å². The second-order valence-electron chi connectivity index (χ2n) is 6.86. The van der Waals surface area contributed by atoms with Crippen molar-refractivity contribution in [3.63, 3.8) is 0 Å². The minimum absolute atomic E-state index is 0.154. The average molecular weight is 482 g/mol. The summed E-state index contributed by atoms with van der Waals surface area (Å²) in [6, 6.07) is 11.6. The predicted octanol–water partition coefficient (Wildman–Crippen LogP) is 3.22. The van der Waals surface area contributed by atoms with Crippen molar-refractivity contribution in [1.29, 1.82) is 0 Å². The zero-order valence-corrected chi connectivity index (χ0v) is 18.7. The van der Waals surface area contributed by atoms with E-state index in [1.165, 1.54) is 16.4 Å². The monoisotopic (exact) mass is 481 g/mol. The van der Waals surface area contributed by atoms with E-state index < -0.39 is 16.1 Å². The summed E-state index contributed by atoms with van der Waals surface area (Å²) in [6.07, 6.45) is 0. The van der Waals surface area contributed by atoms with E-state index in [0.29, 0.717) is 32.0 Å². The van der Waals surface area contributed by atoms with Gasteiger partial charge < -0.3 is 15.4 Å². The Kier molecular flexibility index (Phi) is 6.94. The van der Waals surface area contributed by atoms with Crippen LogP contribution in [-0.4, -0.2) is 51.0 Å². The second-order valence-corrected chi connectivity index (χ2v) is 9.66.